The van der Waals surface area contributed by atoms with Gasteiger partial charge in [0.15, 0.2) is 9.84 Å². The van der Waals surface area contributed by atoms with E-state index in [1.54, 1.807) is 18.5 Å². The van der Waals surface area contributed by atoms with Gasteiger partial charge in [-0.1, -0.05) is 23.7 Å². The number of carboxylic acid groups (broad SMARTS) is 1. The second kappa shape index (κ2) is 13.4. The highest BCUT2D eigenvalue weighted by molar-refractivity contribution is 7.90. The lowest BCUT2D eigenvalue weighted by Gasteiger charge is -2.32. The minimum atomic E-state index is -3.17. The fourth-order valence-electron chi connectivity index (χ4n) is 3.62. The lowest BCUT2D eigenvalue weighted by Crippen LogP contribution is -2.38. The van der Waals surface area contributed by atoms with Crippen LogP contribution in [0.25, 0.3) is 10.2 Å². The van der Waals surface area contributed by atoms with Gasteiger partial charge in [0, 0.05) is 38.0 Å². The number of hydrogen-bond donors (Lipinski definition) is 2. The minimum Gasteiger partial charge on any atom is -0.478 e. The van der Waals surface area contributed by atoms with E-state index in [9.17, 15) is 18.0 Å². The number of allylic oxidation sites excluding steroid dienone is 1. The molecule has 3 aromatic rings. The van der Waals surface area contributed by atoms with Crippen LogP contribution in [0, 0.1) is 0 Å². The lowest BCUT2D eigenvalue weighted by molar-refractivity contribution is -0.131. The largest absolute Gasteiger partial charge is 0.478 e. The van der Waals surface area contributed by atoms with Crippen LogP contribution in [-0.2, 0) is 26.0 Å². The predicted molar refractivity (Wildman–Crippen MR) is 140 cm³/mol. The third-order valence-electron chi connectivity index (χ3n) is 5.28. The van der Waals surface area contributed by atoms with Gasteiger partial charge in [-0.25, -0.2) is 23.2 Å². The zero-order valence-corrected chi connectivity index (χ0v) is 21.8. The van der Waals surface area contributed by atoms with Crippen molar-refractivity contribution in [2.75, 3.05) is 24.7 Å². The number of aldehydes is 1. The molecule has 0 radical (unpaired) electrons. The number of fused-ring (bicyclic) bond motifs is 1. The van der Waals surface area contributed by atoms with Crippen molar-refractivity contribution in [2.45, 2.75) is 30.3 Å². The number of benzene rings is 1. The molecule has 0 saturated carbocycles. The van der Waals surface area contributed by atoms with Crippen molar-refractivity contribution in [1.29, 1.82) is 0 Å². The standard InChI is InChI=1S/C19H21ClN4O2S2.C4H4O3.H2O/c1-28(25,26)15-4-2-3-13(9-15)11-24-7-5-14(6-8-24)23-18-16-10-17(20)27-19(16)22-12-21-18;5-3-1-2-4(6)7;/h2-4,9-10,12,14H,5-8,11H2,1H3,(H,21,22,23);1-3H,(H,6,7);1H2/b;2-1-;. The number of rotatable bonds is 7. The van der Waals surface area contributed by atoms with Crippen molar-refractivity contribution in [1.82, 2.24) is 14.9 Å². The van der Waals surface area contributed by atoms with Gasteiger partial charge in [-0.3, -0.25) is 9.69 Å². The van der Waals surface area contributed by atoms with E-state index in [1.807, 2.05) is 18.2 Å². The summed E-state index contributed by atoms with van der Waals surface area (Å²) < 4.78 is 24.2. The van der Waals surface area contributed by atoms with E-state index >= 15 is 0 Å². The molecule has 1 aliphatic rings. The third-order valence-corrected chi connectivity index (χ3v) is 7.56. The molecule has 0 spiro atoms. The molecule has 13 heteroatoms. The number of piperidine rings is 1. The normalized spacial score (nSPS) is 14.6. The van der Waals surface area contributed by atoms with Crippen LogP contribution in [0.5, 0.6) is 0 Å². The number of nitrogens with zero attached hydrogens (tertiary/aromatic N) is 3. The van der Waals surface area contributed by atoms with E-state index in [-0.39, 0.29) is 5.48 Å². The Balaban J connectivity index is 0.000000503. The first-order chi connectivity index (χ1) is 16.7. The zero-order valence-electron chi connectivity index (χ0n) is 19.4. The molecule has 194 valence electrons. The number of carbonyl (C=O) groups excluding carboxylic acids is 1. The van der Waals surface area contributed by atoms with E-state index in [0.717, 1.165) is 66.2 Å². The van der Waals surface area contributed by atoms with Gasteiger partial charge >= 0.3 is 5.97 Å². The zero-order chi connectivity index (χ0) is 25.4. The number of carbonyl (C=O) groups is 2. The summed E-state index contributed by atoms with van der Waals surface area (Å²) >= 11 is 7.57. The van der Waals surface area contributed by atoms with Crippen molar-refractivity contribution in [2.24, 2.45) is 0 Å². The van der Waals surface area contributed by atoms with Crippen molar-refractivity contribution in [3.63, 3.8) is 0 Å². The molecule has 1 fully saturated rings. The van der Waals surface area contributed by atoms with Crippen LogP contribution in [0.15, 0.2) is 53.7 Å². The Hall–Kier alpha value is -2.90. The highest BCUT2D eigenvalue weighted by Crippen LogP contribution is 2.32. The lowest BCUT2D eigenvalue weighted by atomic mass is 10.0. The van der Waals surface area contributed by atoms with Gasteiger partial charge in [-0.15, -0.1) is 11.3 Å². The van der Waals surface area contributed by atoms with Gasteiger partial charge in [0.2, 0.25) is 0 Å². The highest BCUT2D eigenvalue weighted by Gasteiger charge is 2.21. The van der Waals surface area contributed by atoms with Gasteiger partial charge in [-0.05, 0) is 42.7 Å². The van der Waals surface area contributed by atoms with Gasteiger partial charge in [0.1, 0.15) is 23.3 Å². The maximum atomic E-state index is 11.7. The van der Waals surface area contributed by atoms with E-state index in [0.29, 0.717) is 21.6 Å². The molecule has 2 aromatic heterocycles. The molecule has 1 aliphatic heterocycles. The van der Waals surface area contributed by atoms with Gasteiger partial charge in [0.25, 0.3) is 0 Å². The average Bonchev–Trinajstić information content (AvgIpc) is 3.20. The minimum absolute atomic E-state index is 0. The number of hydrogen-bond acceptors (Lipinski definition) is 9. The van der Waals surface area contributed by atoms with Crippen LogP contribution in [0.4, 0.5) is 5.82 Å². The summed E-state index contributed by atoms with van der Waals surface area (Å²) in [6.45, 7) is 2.65. The summed E-state index contributed by atoms with van der Waals surface area (Å²) in [4.78, 5) is 31.2. The second-order valence-corrected chi connectivity index (χ2v) is 11.6. The monoisotopic (exact) mass is 554 g/mol. The Morgan fingerprint density at radius 3 is 2.61 bits per heavy atom. The van der Waals surface area contributed by atoms with Crippen LogP contribution < -0.4 is 5.32 Å². The maximum absolute atomic E-state index is 11.7. The Morgan fingerprint density at radius 2 is 2.00 bits per heavy atom. The fraction of sp³-hybridized carbons (Fsp3) is 0.304. The number of halogens is 1. The number of aliphatic carboxylic acids is 1. The molecule has 0 aliphatic carbocycles. The summed E-state index contributed by atoms with van der Waals surface area (Å²) in [6.07, 6.45) is 6.91. The number of carboxylic acids is 1. The molecule has 1 aromatic carbocycles. The van der Waals surface area contributed by atoms with Crippen LogP contribution in [0.3, 0.4) is 0 Å². The number of sulfone groups is 1. The van der Waals surface area contributed by atoms with Crippen molar-refractivity contribution < 1.29 is 28.6 Å². The van der Waals surface area contributed by atoms with Crippen LogP contribution in [-0.4, -0.2) is 71.5 Å². The topological polar surface area (TPSA) is 161 Å². The summed E-state index contributed by atoms with van der Waals surface area (Å²) in [5.74, 6) is -0.264. The summed E-state index contributed by atoms with van der Waals surface area (Å²) in [7, 11) is -3.17. The van der Waals surface area contributed by atoms with Crippen LogP contribution in [0.1, 0.15) is 18.4 Å². The van der Waals surface area contributed by atoms with Gasteiger partial charge in [-0.2, -0.15) is 0 Å². The Bertz CT molecular complexity index is 1320. The van der Waals surface area contributed by atoms with Gasteiger partial charge < -0.3 is 15.9 Å². The van der Waals surface area contributed by atoms with Crippen LogP contribution >= 0.6 is 22.9 Å². The molecular weight excluding hydrogens is 528 g/mol. The number of anilines is 1. The first-order valence-electron chi connectivity index (χ1n) is 10.7. The molecule has 0 bridgehead atoms. The first-order valence-corrected chi connectivity index (χ1v) is 13.8. The van der Waals surface area contributed by atoms with E-state index in [2.05, 4.69) is 20.2 Å². The summed E-state index contributed by atoms with van der Waals surface area (Å²) in [5.41, 5.74) is 1.03. The molecular formula is C23H27ClN4O6S2. The Kier molecular flexibility index (Phi) is 10.9. The average molecular weight is 555 g/mol. The molecule has 4 N–H and O–H groups in total. The molecule has 3 heterocycles. The molecule has 1 saturated heterocycles. The van der Waals surface area contributed by atoms with Crippen molar-refractivity contribution in [3.05, 3.63) is 58.7 Å². The van der Waals surface area contributed by atoms with E-state index in [4.69, 9.17) is 16.7 Å². The highest BCUT2D eigenvalue weighted by atomic mass is 35.5. The van der Waals surface area contributed by atoms with Crippen molar-refractivity contribution in [3.8, 4) is 0 Å². The third kappa shape index (κ3) is 8.64. The summed E-state index contributed by atoms with van der Waals surface area (Å²) in [6, 6.07) is 9.47. The fourth-order valence-corrected chi connectivity index (χ4v) is 5.37. The summed E-state index contributed by atoms with van der Waals surface area (Å²) in [5, 5.41) is 12.3. The smallest absolute Gasteiger partial charge is 0.328 e. The molecule has 0 atom stereocenters. The van der Waals surface area contributed by atoms with E-state index in [1.165, 1.54) is 17.6 Å². The quantitative estimate of drug-likeness (QED) is 0.330. The Labute approximate surface area is 217 Å². The molecule has 10 nitrogen and oxygen atoms in total. The number of likely N-dealkylation sites (tertiary alicyclic amines) is 1. The molecule has 4 rings (SSSR count). The number of nitrogens with one attached hydrogen (secondary N) is 1. The SMILES string of the molecule is CS(=O)(=O)c1cccc(CN2CCC(Nc3ncnc4sc(Cl)cc34)CC2)c1.O.O=C/C=C\C(=O)O. The number of aromatic nitrogens is 2. The molecule has 36 heavy (non-hydrogen) atoms. The predicted octanol–water partition coefficient (Wildman–Crippen LogP) is 2.83. The Morgan fingerprint density at radius 1 is 1.28 bits per heavy atom. The van der Waals surface area contributed by atoms with Gasteiger partial charge in [0.05, 0.1) is 14.6 Å². The van der Waals surface area contributed by atoms with Crippen molar-refractivity contribution >= 4 is 61.1 Å². The van der Waals surface area contributed by atoms with Crippen LogP contribution in [0.2, 0.25) is 4.34 Å². The second-order valence-electron chi connectivity index (χ2n) is 7.94. The van der Waals surface area contributed by atoms with E-state index < -0.39 is 15.8 Å². The maximum Gasteiger partial charge on any atom is 0.328 e. The number of thiophene rings is 1. The molecule has 0 unspecified atom stereocenters. The molecule has 0 amide bonds. The first kappa shape index (κ1) is 29.3.